The highest BCUT2D eigenvalue weighted by Crippen LogP contribution is 2.26. The Kier molecular flexibility index (Phi) is 5.46. The third-order valence-electron chi connectivity index (χ3n) is 4.02. The van der Waals surface area contributed by atoms with Crippen LogP contribution in [0.2, 0.25) is 5.02 Å². The monoisotopic (exact) mass is 365 g/mol. The quantitative estimate of drug-likeness (QED) is 0.767. The Morgan fingerprint density at radius 3 is 2.79 bits per heavy atom. The molecule has 0 spiro atoms. The first-order chi connectivity index (χ1) is 11.5. The minimum absolute atomic E-state index is 0.126. The first-order valence-electron chi connectivity index (χ1n) is 8.01. The van der Waals surface area contributed by atoms with E-state index < -0.39 is 0 Å². The van der Waals surface area contributed by atoms with Gasteiger partial charge in [-0.3, -0.25) is 4.79 Å². The largest absolute Gasteiger partial charge is 0.411 e. The lowest BCUT2D eigenvalue weighted by molar-refractivity contribution is -0.130. The van der Waals surface area contributed by atoms with Gasteiger partial charge in [0, 0.05) is 23.7 Å². The van der Waals surface area contributed by atoms with Crippen LogP contribution in [0.15, 0.2) is 33.9 Å². The Bertz CT molecular complexity index is 711. The van der Waals surface area contributed by atoms with Gasteiger partial charge < -0.3 is 9.32 Å². The van der Waals surface area contributed by atoms with Crippen LogP contribution in [0.3, 0.4) is 0 Å². The number of rotatable bonds is 4. The highest BCUT2D eigenvalue weighted by molar-refractivity contribution is 7.99. The summed E-state index contributed by atoms with van der Waals surface area (Å²) in [6, 6.07) is 7.24. The Balaban J connectivity index is 1.58. The molecule has 2 atom stereocenters. The molecule has 1 aromatic carbocycles. The second-order valence-electron chi connectivity index (χ2n) is 6.42. The van der Waals surface area contributed by atoms with Crippen LogP contribution in [-0.2, 0) is 4.79 Å². The number of thioether (sulfide) groups is 1. The SMILES string of the molecule is C[C@@H]1C[C@@H](C)CN(C(=O)CSc2nnc(-c3cccc(Cl)c3)o2)C1. The van der Waals surface area contributed by atoms with Crippen LogP contribution in [0, 0.1) is 11.8 Å². The molecule has 0 radical (unpaired) electrons. The summed E-state index contributed by atoms with van der Waals surface area (Å²) >= 11 is 7.25. The van der Waals surface area contributed by atoms with E-state index in [1.807, 2.05) is 17.0 Å². The molecule has 24 heavy (non-hydrogen) atoms. The fraction of sp³-hybridized carbons (Fsp3) is 0.471. The zero-order valence-corrected chi connectivity index (χ0v) is 15.3. The fourth-order valence-corrected chi connectivity index (χ4v) is 3.94. The van der Waals surface area contributed by atoms with E-state index >= 15 is 0 Å². The Hall–Kier alpha value is -1.53. The van der Waals surface area contributed by atoms with Gasteiger partial charge in [-0.25, -0.2) is 0 Å². The second-order valence-corrected chi connectivity index (χ2v) is 7.78. The fourth-order valence-electron chi connectivity index (χ4n) is 3.09. The maximum absolute atomic E-state index is 12.4. The van der Waals surface area contributed by atoms with Gasteiger partial charge in [0.05, 0.1) is 5.75 Å². The molecule has 1 aliphatic rings. The van der Waals surface area contributed by atoms with E-state index in [1.165, 1.54) is 18.2 Å². The number of benzene rings is 1. The van der Waals surface area contributed by atoms with Crippen LogP contribution in [0.25, 0.3) is 11.5 Å². The topological polar surface area (TPSA) is 59.2 Å². The van der Waals surface area contributed by atoms with Crippen molar-refractivity contribution in [3.05, 3.63) is 29.3 Å². The van der Waals surface area contributed by atoms with Gasteiger partial charge in [0.15, 0.2) is 0 Å². The molecule has 7 heteroatoms. The maximum atomic E-state index is 12.4. The number of carbonyl (C=O) groups is 1. The van der Waals surface area contributed by atoms with Crippen molar-refractivity contribution in [2.24, 2.45) is 11.8 Å². The van der Waals surface area contributed by atoms with E-state index in [4.69, 9.17) is 16.0 Å². The van der Waals surface area contributed by atoms with Crippen molar-refractivity contribution in [2.45, 2.75) is 25.5 Å². The molecule has 0 N–H and O–H groups in total. The van der Waals surface area contributed by atoms with Gasteiger partial charge in [0.2, 0.25) is 11.8 Å². The molecule has 128 valence electrons. The predicted molar refractivity (Wildman–Crippen MR) is 95.0 cm³/mol. The minimum atomic E-state index is 0.126. The predicted octanol–water partition coefficient (Wildman–Crippen LogP) is 3.99. The van der Waals surface area contributed by atoms with Crippen LogP contribution < -0.4 is 0 Å². The molecule has 2 aromatic rings. The number of hydrogen-bond donors (Lipinski definition) is 0. The number of aromatic nitrogens is 2. The van der Waals surface area contributed by atoms with Crippen LogP contribution in [0.1, 0.15) is 20.3 Å². The van der Waals surface area contributed by atoms with Crippen molar-refractivity contribution in [1.82, 2.24) is 15.1 Å². The molecule has 1 amide bonds. The van der Waals surface area contributed by atoms with Crippen molar-refractivity contribution in [1.29, 1.82) is 0 Å². The Labute approximate surface area is 150 Å². The average molecular weight is 366 g/mol. The molecule has 1 saturated heterocycles. The molecule has 1 aromatic heterocycles. The van der Waals surface area contributed by atoms with Crippen molar-refractivity contribution in [3.8, 4) is 11.5 Å². The smallest absolute Gasteiger partial charge is 0.277 e. The summed E-state index contributed by atoms with van der Waals surface area (Å²) in [7, 11) is 0. The molecular weight excluding hydrogens is 346 g/mol. The van der Waals surface area contributed by atoms with E-state index in [-0.39, 0.29) is 5.91 Å². The number of carbonyl (C=O) groups excluding carboxylic acids is 1. The highest BCUT2D eigenvalue weighted by atomic mass is 35.5. The van der Waals surface area contributed by atoms with E-state index in [0.29, 0.717) is 33.7 Å². The summed E-state index contributed by atoms with van der Waals surface area (Å²) in [4.78, 5) is 14.3. The number of hydrogen-bond acceptors (Lipinski definition) is 5. The third-order valence-corrected chi connectivity index (χ3v) is 5.06. The number of piperidine rings is 1. The molecule has 1 aliphatic heterocycles. The Morgan fingerprint density at radius 2 is 2.08 bits per heavy atom. The normalized spacial score (nSPS) is 21.0. The highest BCUT2D eigenvalue weighted by Gasteiger charge is 2.25. The van der Waals surface area contributed by atoms with Gasteiger partial charge in [0.25, 0.3) is 5.22 Å². The summed E-state index contributed by atoms with van der Waals surface area (Å²) in [6.07, 6.45) is 1.18. The lowest BCUT2D eigenvalue weighted by Crippen LogP contribution is -2.43. The van der Waals surface area contributed by atoms with Crippen molar-refractivity contribution in [3.63, 3.8) is 0 Å². The number of amides is 1. The zero-order chi connectivity index (χ0) is 17.1. The standard InChI is InChI=1S/C17H20ClN3O2S/c1-11-6-12(2)9-21(8-11)15(22)10-24-17-20-19-16(23-17)13-4-3-5-14(18)7-13/h3-5,7,11-12H,6,8-10H2,1-2H3/t11-,12-/m1/s1. The molecule has 0 unspecified atom stereocenters. The first-order valence-corrected chi connectivity index (χ1v) is 9.37. The summed E-state index contributed by atoms with van der Waals surface area (Å²) in [5.41, 5.74) is 0.770. The van der Waals surface area contributed by atoms with E-state index in [0.717, 1.165) is 18.7 Å². The van der Waals surface area contributed by atoms with Crippen LogP contribution in [-0.4, -0.2) is 39.8 Å². The van der Waals surface area contributed by atoms with Gasteiger partial charge in [-0.2, -0.15) is 0 Å². The van der Waals surface area contributed by atoms with Crippen LogP contribution in [0.5, 0.6) is 0 Å². The number of likely N-dealkylation sites (tertiary alicyclic amines) is 1. The van der Waals surface area contributed by atoms with E-state index in [2.05, 4.69) is 24.0 Å². The molecule has 2 heterocycles. The first kappa shape index (κ1) is 17.3. The van der Waals surface area contributed by atoms with Crippen molar-refractivity contribution < 1.29 is 9.21 Å². The summed E-state index contributed by atoms with van der Waals surface area (Å²) in [5, 5.41) is 9.04. The second kappa shape index (κ2) is 7.57. The van der Waals surface area contributed by atoms with Gasteiger partial charge >= 0.3 is 0 Å². The van der Waals surface area contributed by atoms with Crippen LogP contribution in [0.4, 0.5) is 0 Å². The Morgan fingerprint density at radius 1 is 1.33 bits per heavy atom. The summed E-state index contributed by atoms with van der Waals surface area (Å²) < 4.78 is 5.62. The molecule has 5 nitrogen and oxygen atoms in total. The third kappa shape index (κ3) is 4.30. The van der Waals surface area contributed by atoms with E-state index in [9.17, 15) is 4.79 Å². The van der Waals surface area contributed by atoms with Gasteiger partial charge in [-0.05, 0) is 36.5 Å². The zero-order valence-electron chi connectivity index (χ0n) is 13.7. The molecular formula is C17H20ClN3O2S. The average Bonchev–Trinajstić information content (AvgIpc) is 3.00. The molecule has 1 fully saturated rings. The summed E-state index contributed by atoms with van der Waals surface area (Å²) in [5.74, 6) is 1.96. The van der Waals surface area contributed by atoms with Crippen molar-refractivity contribution in [2.75, 3.05) is 18.8 Å². The van der Waals surface area contributed by atoms with Crippen molar-refractivity contribution >= 4 is 29.3 Å². The number of halogens is 1. The minimum Gasteiger partial charge on any atom is -0.411 e. The number of nitrogens with zero attached hydrogens (tertiary/aromatic N) is 3. The van der Waals surface area contributed by atoms with Gasteiger partial charge in [-0.1, -0.05) is 43.3 Å². The molecule has 0 aliphatic carbocycles. The molecule has 0 bridgehead atoms. The van der Waals surface area contributed by atoms with Crippen LogP contribution >= 0.6 is 23.4 Å². The molecule has 0 saturated carbocycles. The lowest BCUT2D eigenvalue weighted by atomic mass is 9.92. The lowest BCUT2D eigenvalue weighted by Gasteiger charge is -2.34. The van der Waals surface area contributed by atoms with Gasteiger partial charge in [-0.15, -0.1) is 10.2 Å². The van der Waals surface area contributed by atoms with E-state index in [1.54, 1.807) is 12.1 Å². The summed E-state index contributed by atoms with van der Waals surface area (Å²) in [6.45, 7) is 6.05. The molecule has 3 rings (SSSR count). The maximum Gasteiger partial charge on any atom is 0.277 e. The van der Waals surface area contributed by atoms with Gasteiger partial charge in [0.1, 0.15) is 0 Å².